The summed E-state index contributed by atoms with van der Waals surface area (Å²) < 4.78 is 1.40. The molecule has 8 heteroatoms. The van der Waals surface area contributed by atoms with Crippen molar-refractivity contribution in [3.8, 4) is 12.0 Å². The molecule has 0 saturated carbocycles. The van der Waals surface area contributed by atoms with Crippen LogP contribution in [0.15, 0.2) is 18.5 Å². The van der Waals surface area contributed by atoms with Gasteiger partial charge in [-0.1, -0.05) is 0 Å². The van der Waals surface area contributed by atoms with Crippen LogP contribution in [0.4, 0.5) is 11.6 Å². The largest absolute Gasteiger partial charge is 0.382 e. The van der Waals surface area contributed by atoms with Crippen LogP contribution >= 0.6 is 0 Å². The summed E-state index contributed by atoms with van der Waals surface area (Å²) in [7, 11) is 0. The smallest absolute Gasteiger partial charge is 0.252 e. The zero-order valence-corrected chi connectivity index (χ0v) is 11.5. The van der Waals surface area contributed by atoms with Crippen molar-refractivity contribution < 1.29 is 0 Å². The van der Waals surface area contributed by atoms with Crippen molar-refractivity contribution in [3.05, 3.63) is 24.0 Å². The SMILES string of the molecule is N#Cc1c(N2CCCC(N)C2)nn(-c2ncccn2)c1N. The maximum absolute atomic E-state index is 9.37. The Morgan fingerprint density at radius 3 is 2.76 bits per heavy atom. The van der Waals surface area contributed by atoms with Crippen LogP contribution in [0.3, 0.4) is 0 Å². The number of hydrogen-bond donors (Lipinski definition) is 2. The highest BCUT2D eigenvalue weighted by molar-refractivity contribution is 5.66. The number of piperidine rings is 1. The van der Waals surface area contributed by atoms with E-state index in [1.54, 1.807) is 18.5 Å². The first-order chi connectivity index (χ1) is 10.2. The van der Waals surface area contributed by atoms with Gasteiger partial charge in [0, 0.05) is 31.5 Å². The summed E-state index contributed by atoms with van der Waals surface area (Å²) in [4.78, 5) is 10.2. The molecule has 0 amide bonds. The van der Waals surface area contributed by atoms with Crippen LogP contribution < -0.4 is 16.4 Å². The molecule has 0 bridgehead atoms. The van der Waals surface area contributed by atoms with Gasteiger partial charge in [-0.3, -0.25) is 0 Å². The maximum atomic E-state index is 9.37. The fourth-order valence-electron chi connectivity index (χ4n) is 2.50. The molecule has 1 fully saturated rings. The monoisotopic (exact) mass is 284 g/mol. The number of nitrogen functional groups attached to an aromatic ring is 1. The molecule has 3 heterocycles. The van der Waals surface area contributed by atoms with Gasteiger partial charge in [-0.05, 0) is 18.9 Å². The van der Waals surface area contributed by atoms with E-state index in [0.717, 1.165) is 19.4 Å². The van der Waals surface area contributed by atoms with Crippen LogP contribution in [-0.2, 0) is 0 Å². The Kier molecular flexibility index (Phi) is 3.41. The standard InChI is InChI=1S/C13H16N8/c14-7-10-11(16)21(13-17-4-2-5-18-13)19-12(10)20-6-1-3-9(15)8-20/h2,4-5,9H,1,3,6,8,15-16H2. The van der Waals surface area contributed by atoms with Crippen molar-refractivity contribution >= 4 is 11.6 Å². The van der Waals surface area contributed by atoms with E-state index in [9.17, 15) is 5.26 Å². The summed E-state index contributed by atoms with van der Waals surface area (Å²) in [5, 5.41) is 13.8. The highest BCUT2D eigenvalue weighted by Crippen LogP contribution is 2.27. The highest BCUT2D eigenvalue weighted by atomic mass is 15.4. The van der Waals surface area contributed by atoms with Gasteiger partial charge in [0.15, 0.2) is 11.6 Å². The van der Waals surface area contributed by atoms with E-state index < -0.39 is 0 Å². The third-order valence-electron chi connectivity index (χ3n) is 3.51. The lowest BCUT2D eigenvalue weighted by molar-refractivity contribution is 0.502. The molecule has 0 aromatic carbocycles. The number of rotatable bonds is 2. The van der Waals surface area contributed by atoms with Crippen molar-refractivity contribution in [1.29, 1.82) is 5.26 Å². The van der Waals surface area contributed by atoms with E-state index in [4.69, 9.17) is 11.5 Å². The van der Waals surface area contributed by atoms with Gasteiger partial charge in [0.1, 0.15) is 11.6 Å². The molecule has 1 atom stereocenters. The predicted octanol–water partition coefficient (Wildman–Crippen LogP) is 0.0437. The average Bonchev–Trinajstić information content (AvgIpc) is 2.85. The molecule has 4 N–H and O–H groups in total. The van der Waals surface area contributed by atoms with Crippen molar-refractivity contribution in [3.63, 3.8) is 0 Å². The van der Waals surface area contributed by atoms with Crippen LogP contribution in [0, 0.1) is 11.3 Å². The van der Waals surface area contributed by atoms with E-state index in [1.165, 1.54) is 4.68 Å². The van der Waals surface area contributed by atoms with Gasteiger partial charge in [-0.2, -0.15) is 9.94 Å². The first kappa shape index (κ1) is 13.3. The lowest BCUT2D eigenvalue weighted by Crippen LogP contribution is -2.43. The van der Waals surface area contributed by atoms with E-state index in [2.05, 4.69) is 21.1 Å². The minimum atomic E-state index is 0.0876. The first-order valence-electron chi connectivity index (χ1n) is 6.77. The molecule has 0 aliphatic carbocycles. The number of nitriles is 1. The Labute approximate surface area is 122 Å². The summed E-state index contributed by atoms with van der Waals surface area (Å²) in [6.07, 6.45) is 5.16. The Bertz CT molecular complexity index is 671. The summed E-state index contributed by atoms with van der Waals surface area (Å²) in [5.41, 5.74) is 12.4. The predicted molar refractivity (Wildman–Crippen MR) is 77.7 cm³/mol. The Morgan fingerprint density at radius 1 is 1.33 bits per heavy atom. The number of hydrogen-bond acceptors (Lipinski definition) is 7. The van der Waals surface area contributed by atoms with Gasteiger partial charge in [0.05, 0.1) is 0 Å². The molecule has 0 radical (unpaired) electrons. The average molecular weight is 284 g/mol. The third kappa shape index (κ3) is 2.39. The second-order valence-corrected chi connectivity index (χ2v) is 5.00. The molecular formula is C13H16N8. The van der Waals surface area contributed by atoms with E-state index in [-0.39, 0.29) is 11.9 Å². The van der Waals surface area contributed by atoms with Crippen molar-refractivity contribution in [1.82, 2.24) is 19.7 Å². The van der Waals surface area contributed by atoms with Crippen LogP contribution in [0.1, 0.15) is 18.4 Å². The topological polar surface area (TPSA) is 123 Å². The second kappa shape index (κ2) is 5.38. The van der Waals surface area contributed by atoms with Crippen LogP contribution in [-0.4, -0.2) is 38.9 Å². The fourth-order valence-corrected chi connectivity index (χ4v) is 2.50. The number of anilines is 2. The second-order valence-electron chi connectivity index (χ2n) is 5.00. The minimum absolute atomic E-state index is 0.0876. The molecule has 1 saturated heterocycles. The highest BCUT2D eigenvalue weighted by Gasteiger charge is 2.25. The minimum Gasteiger partial charge on any atom is -0.382 e. The van der Waals surface area contributed by atoms with Gasteiger partial charge < -0.3 is 16.4 Å². The summed E-state index contributed by atoms with van der Waals surface area (Å²) in [5.74, 6) is 1.15. The zero-order chi connectivity index (χ0) is 14.8. The van der Waals surface area contributed by atoms with Crippen molar-refractivity contribution in [2.75, 3.05) is 23.7 Å². The summed E-state index contributed by atoms with van der Waals surface area (Å²) in [6.45, 7) is 1.48. The van der Waals surface area contributed by atoms with E-state index in [0.29, 0.717) is 23.9 Å². The molecule has 8 nitrogen and oxygen atoms in total. The number of nitrogens with two attached hydrogens (primary N) is 2. The molecule has 1 aliphatic rings. The lowest BCUT2D eigenvalue weighted by Gasteiger charge is -2.30. The van der Waals surface area contributed by atoms with Crippen LogP contribution in [0.5, 0.6) is 0 Å². The van der Waals surface area contributed by atoms with Crippen molar-refractivity contribution in [2.24, 2.45) is 5.73 Å². The van der Waals surface area contributed by atoms with Gasteiger partial charge in [-0.15, -0.1) is 5.10 Å². The third-order valence-corrected chi connectivity index (χ3v) is 3.51. The first-order valence-corrected chi connectivity index (χ1v) is 6.77. The Morgan fingerprint density at radius 2 is 2.10 bits per heavy atom. The molecule has 0 spiro atoms. The van der Waals surface area contributed by atoms with E-state index >= 15 is 0 Å². The fraction of sp³-hybridized carbons (Fsp3) is 0.385. The summed E-state index contributed by atoms with van der Waals surface area (Å²) in [6, 6.07) is 3.91. The molecule has 108 valence electrons. The van der Waals surface area contributed by atoms with Crippen LogP contribution in [0.2, 0.25) is 0 Å². The van der Waals surface area contributed by atoms with Gasteiger partial charge in [0.25, 0.3) is 5.95 Å². The van der Waals surface area contributed by atoms with Gasteiger partial charge in [-0.25, -0.2) is 9.97 Å². The molecular weight excluding hydrogens is 268 g/mol. The molecule has 1 aliphatic heterocycles. The molecule has 1 unspecified atom stereocenters. The maximum Gasteiger partial charge on any atom is 0.252 e. The molecule has 2 aromatic rings. The number of nitrogens with zero attached hydrogens (tertiary/aromatic N) is 6. The van der Waals surface area contributed by atoms with E-state index in [1.807, 2.05) is 4.90 Å². The Hall–Kier alpha value is -2.66. The zero-order valence-electron chi connectivity index (χ0n) is 11.5. The van der Waals surface area contributed by atoms with Gasteiger partial charge in [0.2, 0.25) is 0 Å². The van der Waals surface area contributed by atoms with Crippen molar-refractivity contribution in [2.45, 2.75) is 18.9 Å². The number of aromatic nitrogens is 4. The molecule has 21 heavy (non-hydrogen) atoms. The van der Waals surface area contributed by atoms with Crippen LogP contribution in [0.25, 0.3) is 5.95 Å². The Balaban J connectivity index is 2.04. The molecule has 2 aromatic heterocycles. The normalized spacial score (nSPS) is 18.5. The quantitative estimate of drug-likeness (QED) is 0.798. The summed E-state index contributed by atoms with van der Waals surface area (Å²) >= 11 is 0. The lowest BCUT2D eigenvalue weighted by atomic mass is 10.1. The van der Waals surface area contributed by atoms with Gasteiger partial charge >= 0.3 is 0 Å². The molecule has 3 rings (SSSR count).